The van der Waals surface area contributed by atoms with Crippen molar-refractivity contribution in [2.24, 2.45) is 17.6 Å². The number of halogens is 1. The molecule has 0 aromatic heterocycles. The van der Waals surface area contributed by atoms with Gasteiger partial charge in [-0.15, -0.1) is 0 Å². The molecule has 7 N–H and O–H groups in total. The molecule has 3 aliphatic carbocycles. The van der Waals surface area contributed by atoms with E-state index < -0.39 is 69.9 Å². The number of aromatic hydroxyl groups is 1. The fraction of sp³-hybridized carbons (Fsp3) is 0.355. The number of amides is 2. The van der Waals surface area contributed by atoms with Crippen LogP contribution in [-0.2, 0) is 22.6 Å². The maximum Gasteiger partial charge on any atom is 0.412 e. The first-order chi connectivity index (χ1) is 21.1. The summed E-state index contributed by atoms with van der Waals surface area (Å²) in [7, 11) is 6.63. The number of aliphatic hydroxyl groups is 3. The number of nitrogens with one attached hydrogen (secondary N) is 1. The van der Waals surface area contributed by atoms with Gasteiger partial charge in [0.15, 0.2) is 11.4 Å². The Balaban J connectivity index is 1.56. The third kappa shape index (κ3) is 5.12. The predicted octanol–water partition coefficient (Wildman–Crippen LogP) is 2.24. The molecule has 4 atom stereocenters. The summed E-state index contributed by atoms with van der Waals surface area (Å²) in [5, 5.41) is 48.2. The molecule has 0 fully saturated rings. The fourth-order valence-corrected chi connectivity index (χ4v) is 6.96. The summed E-state index contributed by atoms with van der Waals surface area (Å²) in [4.78, 5) is 55.6. The first-order valence-electron chi connectivity index (χ1n) is 14.0. The normalized spacial score (nSPS) is 24.2. The monoisotopic (exact) mass is 684 g/mol. The molecule has 2 aromatic rings. The zero-order valence-corrected chi connectivity index (χ0v) is 26.5. The van der Waals surface area contributed by atoms with Gasteiger partial charge in [0, 0.05) is 47.9 Å². The van der Waals surface area contributed by atoms with Gasteiger partial charge in [0.25, 0.3) is 5.91 Å². The summed E-state index contributed by atoms with van der Waals surface area (Å²) in [5.74, 6) is -7.00. The number of carbonyl (C=O) groups is 4. The summed E-state index contributed by atoms with van der Waals surface area (Å²) in [6.45, 7) is -0.224. The van der Waals surface area contributed by atoms with Crippen molar-refractivity contribution in [1.82, 2.24) is 10.2 Å². The molecule has 0 bridgehead atoms. The van der Waals surface area contributed by atoms with Crippen molar-refractivity contribution >= 4 is 45.2 Å². The van der Waals surface area contributed by atoms with E-state index in [9.17, 15) is 39.6 Å². The molecule has 0 heterocycles. The largest absolute Gasteiger partial charge is 0.510 e. The summed E-state index contributed by atoms with van der Waals surface area (Å²) >= 11 is 3.30. The van der Waals surface area contributed by atoms with Crippen LogP contribution in [0.5, 0.6) is 11.5 Å². The summed E-state index contributed by atoms with van der Waals surface area (Å²) < 4.78 is 6.07. The van der Waals surface area contributed by atoms with Gasteiger partial charge in [0.05, 0.1) is 11.6 Å². The van der Waals surface area contributed by atoms with Crippen molar-refractivity contribution < 1.29 is 44.3 Å². The minimum atomic E-state index is -2.74. The molecule has 2 amide bonds. The van der Waals surface area contributed by atoms with E-state index in [1.54, 1.807) is 63.4 Å². The third-order valence-corrected chi connectivity index (χ3v) is 9.24. The zero-order valence-electron chi connectivity index (χ0n) is 24.9. The average Bonchev–Trinajstić information content (AvgIpc) is 2.95. The summed E-state index contributed by atoms with van der Waals surface area (Å²) in [6.07, 6.45) is -0.694. The molecular weight excluding hydrogens is 652 g/mol. The Hall–Kier alpha value is -4.40. The van der Waals surface area contributed by atoms with Crippen LogP contribution in [0.15, 0.2) is 57.5 Å². The highest BCUT2D eigenvalue weighted by molar-refractivity contribution is 9.10. The number of likely N-dealkylation sites (N-methyl/N-ethyl adjacent to an activating group) is 1. The number of ether oxygens (including phenoxy) is 1. The smallest absolute Gasteiger partial charge is 0.412 e. The van der Waals surface area contributed by atoms with E-state index in [4.69, 9.17) is 10.5 Å². The number of aliphatic hydroxyl groups excluding tert-OH is 2. The Morgan fingerprint density at radius 2 is 1.76 bits per heavy atom. The van der Waals surface area contributed by atoms with Gasteiger partial charge in [-0.25, -0.2) is 4.79 Å². The minimum absolute atomic E-state index is 0.0232. The van der Waals surface area contributed by atoms with Crippen LogP contribution in [-0.4, -0.2) is 88.7 Å². The maximum absolute atomic E-state index is 14.1. The highest BCUT2D eigenvalue weighted by atomic mass is 79.9. The third-order valence-electron chi connectivity index (χ3n) is 8.71. The number of phenols is 1. The number of rotatable bonds is 6. The predicted molar refractivity (Wildman–Crippen MR) is 165 cm³/mol. The molecule has 0 saturated carbocycles. The van der Waals surface area contributed by atoms with Gasteiger partial charge in [0.1, 0.15) is 28.6 Å². The average molecular weight is 686 g/mol. The van der Waals surface area contributed by atoms with E-state index in [1.807, 2.05) is 0 Å². The molecule has 13 nitrogen and oxygen atoms in total. The van der Waals surface area contributed by atoms with Crippen LogP contribution in [0.3, 0.4) is 0 Å². The molecule has 0 spiro atoms. The van der Waals surface area contributed by atoms with Gasteiger partial charge >= 0.3 is 6.09 Å². The van der Waals surface area contributed by atoms with E-state index >= 15 is 0 Å². The molecule has 0 radical (unpaired) electrons. The standard InChI is InChI=1S/C31H33BrN4O9/c1-35(2)19-11-14(12-34-30(43)45-16-7-5-15(32)6-8-16)24(37)21-17(19)9-13-10-18-23(36(3)4)26(39)22(29(33)42)28(41)31(18,44)27(40)20(13)25(21)38/h5-8,11,13,18,23,37,39-40,44H,9-10,12H2,1-4H3,(H2,33,42)(H,34,43)/t13-,18-,23-,31-/m1/s1. The first kappa shape index (κ1) is 32.0. The van der Waals surface area contributed by atoms with Crippen molar-refractivity contribution in [2.75, 3.05) is 33.1 Å². The van der Waals surface area contributed by atoms with Gasteiger partial charge < -0.3 is 41.1 Å². The van der Waals surface area contributed by atoms with Crippen molar-refractivity contribution in [3.8, 4) is 11.5 Å². The molecule has 238 valence electrons. The second kappa shape index (κ2) is 11.5. The van der Waals surface area contributed by atoms with E-state index in [1.165, 1.54) is 4.90 Å². The Labute approximate surface area is 266 Å². The lowest BCUT2D eigenvalue weighted by Gasteiger charge is -2.50. The van der Waals surface area contributed by atoms with Crippen molar-refractivity contribution in [2.45, 2.75) is 31.0 Å². The molecular formula is C31H33BrN4O9. The minimum Gasteiger partial charge on any atom is -0.510 e. The van der Waals surface area contributed by atoms with Crippen LogP contribution in [0.25, 0.3) is 0 Å². The Kier molecular flexibility index (Phi) is 8.19. The molecule has 14 heteroatoms. The highest BCUT2D eigenvalue weighted by Gasteiger charge is 2.63. The number of fused-ring (bicyclic) bond motifs is 3. The van der Waals surface area contributed by atoms with Crippen LogP contribution in [0.4, 0.5) is 10.5 Å². The molecule has 0 unspecified atom stereocenters. The van der Waals surface area contributed by atoms with Crippen LogP contribution < -0.4 is 20.7 Å². The van der Waals surface area contributed by atoms with Crippen molar-refractivity contribution in [1.29, 1.82) is 0 Å². The van der Waals surface area contributed by atoms with E-state index in [0.717, 1.165) is 4.47 Å². The molecule has 0 saturated heterocycles. The number of phenolic OH excluding ortho intramolecular Hbond substituents is 1. The Bertz CT molecular complexity index is 1700. The SMILES string of the molecule is CN(C)c1cc(CNC(=O)Oc2ccc(Br)cc2)c(O)c2c1C[C@@H]1C[C@@H]3[C@@H](N(C)C)C(O)=C(C(N)=O)C(=O)[C@]3(O)C(O)=C1C2=O. The highest BCUT2D eigenvalue weighted by Crippen LogP contribution is 2.53. The number of primary amides is 1. The number of benzene rings is 2. The first-order valence-corrected chi connectivity index (χ1v) is 14.8. The maximum atomic E-state index is 14.1. The number of anilines is 1. The van der Waals surface area contributed by atoms with Gasteiger partial charge in [-0.2, -0.15) is 0 Å². The van der Waals surface area contributed by atoms with Gasteiger partial charge in [-0.05, 0) is 68.8 Å². The number of nitrogens with zero attached hydrogens (tertiary/aromatic N) is 2. The molecule has 45 heavy (non-hydrogen) atoms. The molecule has 2 aromatic carbocycles. The number of allylic oxidation sites excluding steroid dienone is 1. The van der Waals surface area contributed by atoms with Gasteiger partial charge in [-0.3, -0.25) is 19.3 Å². The van der Waals surface area contributed by atoms with Gasteiger partial charge in [0.2, 0.25) is 5.78 Å². The fourth-order valence-electron chi connectivity index (χ4n) is 6.70. The number of Topliss-reactive ketones (excluding diaryl/α,β-unsaturated/α-hetero) is 2. The second-order valence-electron chi connectivity index (χ2n) is 11.8. The number of nitrogens with two attached hydrogens (primary N) is 1. The van der Waals surface area contributed by atoms with Crippen molar-refractivity contribution in [3.05, 3.63) is 74.2 Å². The molecule has 5 rings (SSSR count). The van der Waals surface area contributed by atoms with E-state index in [-0.39, 0.29) is 41.8 Å². The number of carbonyl (C=O) groups excluding carboxylic acids is 4. The summed E-state index contributed by atoms with van der Waals surface area (Å²) in [6, 6.07) is 7.12. The Morgan fingerprint density at radius 3 is 2.33 bits per heavy atom. The van der Waals surface area contributed by atoms with Crippen molar-refractivity contribution in [3.63, 3.8) is 0 Å². The lowest BCUT2D eigenvalue weighted by Crippen LogP contribution is -2.63. The second-order valence-corrected chi connectivity index (χ2v) is 12.7. The quantitative estimate of drug-likeness (QED) is 0.244. The number of hydrogen-bond donors (Lipinski definition) is 6. The topological polar surface area (TPSA) is 203 Å². The number of ketones is 2. The van der Waals surface area contributed by atoms with Gasteiger partial charge in [-0.1, -0.05) is 15.9 Å². The molecule has 0 aliphatic heterocycles. The van der Waals surface area contributed by atoms with Crippen LogP contribution >= 0.6 is 15.9 Å². The van der Waals surface area contributed by atoms with Crippen LogP contribution in [0.2, 0.25) is 0 Å². The van der Waals surface area contributed by atoms with E-state index in [0.29, 0.717) is 11.3 Å². The zero-order chi connectivity index (χ0) is 33.1. The van der Waals surface area contributed by atoms with Crippen LogP contribution in [0.1, 0.15) is 27.9 Å². The lowest BCUT2D eigenvalue weighted by atomic mass is 9.58. The molecule has 3 aliphatic rings. The summed E-state index contributed by atoms with van der Waals surface area (Å²) in [5.41, 5.74) is 2.57. The Morgan fingerprint density at radius 1 is 1.11 bits per heavy atom. The van der Waals surface area contributed by atoms with Crippen LogP contribution in [0, 0.1) is 11.8 Å². The van der Waals surface area contributed by atoms with E-state index in [2.05, 4.69) is 21.2 Å². The number of hydrogen-bond acceptors (Lipinski definition) is 11. The lowest BCUT2D eigenvalue weighted by molar-refractivity contribution is -0.148.